The first kappa shape index (κ1) is 24.6. The molecule has 182 valence electrons. The highest BCUT2D eigenvalue weighted by Crippen LogP contribution is 2.27. The summed E-state index contributed by atoms with van der Waals surface area (Å²) in [6, 6.07) is 20.9. The van der Waals surface area contributed by atoms with Crippen molar-refractivity contribution in [3.05, 3.63) is 88.5 Å². The van der Waals surface area contributed by atoms with E-state index in [2.05, 4.69) is 6.92 Å². The molecule has 0 spiro atoms. The highest BCUT2D eigenvalue weighted by molar-refractivity contribution is 5.98. The Hall–Kier alpha value is -3.51. The molecule has 6 nitrogen and oxygen atoms in total. The molecule has 0 N–H and O–H groups in total. The van der Waals surface area contributed by atoms with Crippen molar-refractivity contribution in [2.75, 3.05) is 20.3 Å². The Kier molecular flexibility index (Phi) is 7.93. The second-order valence-electron chi connectivity index (χ2n) is 8.77. The molecule has 1 amide bonds. The smallest absolute Gasteiger partial charge is 0.261 e. The molecule has 1 unspecified atom stereocenters. The van der Waals surface area contributed by atoms with E-state index in [0.29, 0.717) is 48.4 Å². The summed E-state index contributed by atoms with van der Waals surface area (Å²) in [5.74, 6) is 0.565. The van der Waals surface area contributed by atoms with Crippen LogP contribution in [0.15, 0.2) is 71.5 Å². The van der Waals surface area contributed by atoms with Gasteiger partial charge < -0.3 is 9.64 Å². The minimum Gasteiger partial charge on any atom is -0.383 e. The minimum atomic E-state index is -0.338. The van der Waals surface area contributed by atoms with Crippen LogP contribution in [0.2, 0.25) is 0 Å². The van der Waals surface area contributed by atoms with Gasteiger partial charge in [-0.1, -0.05) is 62.7 Å². The van der Waals surface area contributed by atoms with Crippen LogP contribution in [0.25, 0.3) is 21.7 Å². The van der Waals surface area contributed by atoms with Gasteiger partial charge in [-0.2, -0.15) is 0 Å². The quantitative estimate of drug-likeness (QED) is 0.302. The molecule has 0 aliphatic carbocycles. The van der Waals surface area contributed by atoms with E-state index in [1.165, 1.54) is 0 Å². The van der Waals surface area contributed by atoms with Gasteiger partial charge >= 0.3 is 0 Å². The zero-order valence-corrected chi connectivity index (χ0v) is 20.7. The number of rotatable bonds is 10. The SMILES string of the molecule is CCCCN(C(=O)c1ccc2ccccc2c1)C(CC)c1nc2ccccc2c(=O)n1CCOC. The Balaban J connectivity index is 1.83. The van der Waals surface area contributed by atoms with E-state index < -0.39 is 0 Å². The fourth-order valence-electron chi connectivity index (χ4n) is 4.60. The Morgan fingerprint density at radius 3 is 2.51 bits per heavy atom. The van der Waals surface area contributed by atoms with E-state index in [1.54, 1.807) is 17.7 Å². The molecule has 0 bridgehead atoms. The second kappa shape index (κ2) is 11.3. The molecule has 1 atom stereocenters. The lowest BCUT2D eigenvalue weighted by molar-refractivity contribution is 0.0651. The van der Waals surface area contributed by atoms with Crippen LogP contribution in [-0.2, 0) is 11.3 Å². The van der Waals surface area contributed by atoms with Gasteiger partial charge in [0.15, 0.2) is 0 Å². The molecule has 1 heterocycles. The molecular weight excluding hydrogens is 438 g/mol. The number of carbonyl (C=O) groups excluding carboxylic acids is 1. The van der Waals surface area contributed by atoms with Gasteiger partial charge in [-0.25, -0.2) is 4.98 Å². The average molecular weight is 472 g/mol. The van der Waals surface area contributed by atoms with Gasteiger partial charge in [0, 0.05) is 19.2 Å². The Morgan fingerprint density at radius 1 is 1.03 bits per heavy atom. The molecule has 6 heteroatoms. The van der Waals surface area contributed by atoms with Crippen molar-refractivity contribution in [2.24, 2.45) is 0 Å². The number of hydrogen-bond donors (Lipinski definition) is 0. The number of nitrogens with zero attached hydrogens (tertiary/aromatic N) is 3. The summed E-state index contributed by atoms with van der Waals surface area (Å²) >= 11 is 0. The van der Waals surface area contributed by atoms with Crippen LogP contribution in [0, 0.1) is 0 Å². The summed E-state index contributed by atoms with van der Waals surface area (Å²) in [7, 11) is 1.62. The van der Waals surface area contributed by atoms with E-state index in [1.807, 2.05) is 72.5 Å². The summed E-state index contributed by atoms with van der Waals surface area (Å²) in [6.07, 6.45) is 2.46. The predicted octanol–water partition coefficient (Wildman–Crippen LogP) is 5.59. The minimum absolute atomic E-state index is 0.0447. The maximum absolute atomic E-state index is 13.9. The number of amides is 1. The summed E-state index contributed by atoms with van der Waals surface area (Å²) in [6.45, 7) is 5.51. The molecule has 0 aliphatic heterocycles. The monoisotopic (exact) mass is 471 g/mol. The van der Waals surface area contributed by atoms with Crippen molar-refractivity contribution < 1.29 is 9.53 Å². The van der Waals surface area contributed by atoms with Gasteiger partial charge in [-0.05, 0) is 47.9 Å². The molecule has 1 aromatic heterocycles. The number of aromatic nitrogens is 2. The van der Waals surface area contributed by atoms with Gasteiger partial charge in [0.05, 0.1) is 30.1 Å². The molecule has 3 aromatic carbocycles. The third-order valence-corrected chi connectivity index (χ3v) is 6.48. The Morgan fingerprint density at radius 2 is 1.77 bits per heavy atom. The van der Waals surface area contributed by atoms with Gasteiger partial charge in [0.2, 0.25) is 0 Å². The number of methoxy groups -OCH3 is 1. The fraction of sp³-hybridized carbons (Fsp3) is 0.345. The molecule has 0 saturated heterocycles. The molecular formula is C29H33N3O3. The first-order chi connectivity index (χ1) is 17.1. The standard InChI is InChI=1S/C29H33N3O3/c1-4-6-17-31(28(33)23-16-15-21-11-7-8-12-22(21)20-23)26(5-2)27-30-25-14-10-9-13-24(25)29(34)32(27)18-19-35-3/h7-16,20,26H,4-6,17-19H2,1-3H3. The maximum Gasteiger partial charge on any atom is 0.261 e. The maximum atomic E-state index is 13.9. The molecule has 35 heavy (non-hydrogen) atoms. The summed E-state index contributed by atoms with van der Waals surface area (Å²) in [4.78, 5) is 34.2. The molecule has 0 saturated carbocycles. The zero-order chi connectivity index (χ0) is 24.8. The summed E-state index contributed by atoms with van der Waals surface area (Å²) in [5.41, 5.74) is 1.19. The molecule has 0 radical (unpaired) electrons. The highest BCUT2D eigenvalue weighted by Gasteiger charge is 2.29. The number of benzene rings is 3. The Labute approximate surface area is 206 Å². The van der Waals surface area contributed by atoms with Crippen molar-refractivity contribution in [3.8, 4) is 0 Å². The van der Waals surface area contributed by atoms with Gasteiger partial charge in [0.1, 0.15) is 5.82 Å². The van der Waals surface area contributed by atoms with Crippen molar-refractivity contribution in [1.29, 1.82) is 0 Å². The van der Waals surface area contributed by atoms with Crippen LogP contribution >= 0.6 is 0 Å². The number of hydrogen-bond acceptors (Lipinski definition) is 4. The normalized spacial score (nSPS) is 12.2. The third kappa shape index (κ3) is 5.13. The van der Waals surface area contributed by atoms with Crippen molar-refractivity contribution in [1.82, 2.24) is 14.5 Å². The zero-order valence-electron chi connectivity index (χ0n) is 20.7. The predicted molar refractivity (Wildman–Crippen MR) is 141 cm³/mol. The summed E-state index contributed by atoms with van der Waals surface area (Å²) < 4.78 is 6.98. The largest absolute Gasteiger partial charge is 0.383 e. The Bertz CT molecular complexity index is 1380. The second-order valence-corrected chi connectivity index (χ2v) is 8.77. The highest BCUT2D eigenvalue weighted by atomic mass is 16.5. The lowest BCUT2D eigenvalue weighted by Crippen LogP contribution is -2.39. The first-order valence-corrected chi connectivity index (χ1v) is 12.4. The van der Waals surface area contributed by atoms with E-state index in [9.17, 15) is 9.59 Å². The van der Waals surface area contributed by atoms with Crippen LogP contribution in [0.1, 0.15) is 55.3 Å². The van der Waals surface area contributed by atoms with Gasteiger partial charge in [-0.3, -0.25) is 14.2 Å². The van der Waals surface area contributed by atoms with E-state index >= 15 is 0 Å². The number of unbranched alkanes of at least 4 members (excludes halogenated alkanes) is 1. The summed E-state index contributed by atoms with van der Waals surface area (Å²) in [5, 5.41) is 2.70. The number of carbonyl (C=O) groups is 1. The van der Waals surface area contributed by atoms with Crippen LogP contribution in [0.5, 0.6) is 0 Å². The topological polar surface area (TPSA) is 64.4 Å². The molecule has 0 aliphatic rings. The first-order valence-electron chi connectivity index (χ1n) is 12.4. The number of ether oxygens (including phenoxy) is 1. The third-order valence-electron chi connectivity index (χ3n) is 6.48. The van der Waals surface area contributed by atoms with Crippen LogP contribution in [0.3, 0.4) is 0 Å². The average Bonchev–Trinajstić information content (AvgIpc) is 2.90. The van der Waals surface area contributed by atoms with Crippen LogP contribution in [0.4, 0.5) is 0 Å². The number of fused-ring (bicyclic) bond motifs is 2. The van der Waals surface area contributed by atoms with Gasteiger partial charge in [-0.15, -0.1) is 0 Å². The van der Waals surface area contributed by atoms with Crippen LogP contribution in [-0.4, -0.2) is 40.6 Å². The van der Waals surface area contributed by atoms with E-state index in [4.69, 9.17) is 9.72 Å². The molecule has 4 aromatic rings. The molecule has 0 fully saturated rings. The molecule has 4 rings (SSSR count). The van der Waals surface area contributed by atoms with E-state index in [-0.39, 0.29) is 17.5 Å². The fourth-order valence-corrected chi connectivity index (χ4v) is 4.60. The van der Waals surface area contributed by atoms with E-state index in [0.717, 1.165) is 23.6 Å². The van der Waals surface area contributed by atoms with Crippen molar-refractivity contribution >= 4 is 27.6 Å². The lowest BCUT2D eigenvalue weighted by atomic mass is 10.0. The lowest BCUT2D eigenvalue weighted by Gasteiger charge is -2.32. The van der Waals surface area contributed by atoms with Crippen molar-refractivity contribution in [3.63, 3.8) is 0 Å². The van der Waals surface area contributed by atoms with Crippen molar-refractivity contribution in [2.45, 2.75) is 45.7 Å². The number of para-hydroxylation sites is 1. The van der Waals surface area contributed by atoms with Crippen LogP contribution < -0.4 is 5.56 Å². The van der Waals surface area contributed by atoms with Gasteiger partial charge in [0.25, 0.3) is 11.5 Å².